The van der Waals surface area contributed by atoms with Crippen LogP contribution >= 0.6 is 0 Å². The van der Waals surface area contributed by atoms with Crippen molar-refractivity contribution >= 4 is 0 Å². The van der Waals surface area contributed by atoms with Crippen molar-refractivity contribution in [2.75, 3.05) is 6.54 Å². The zero-order valence-corrected chi connectivity index (χ0v) is 12.0. The summed E-state index contributed by atoms with van der Waals surface area (Å²) in [5, 5.41) is 3.58. The highest BCUT2D eigenvalue weighted by Crippen LogP contribution is 2.21. The summed E-state index contributed by atoms with van der Waals surface area (Å²) in [5.41, 5.74) is 1.24. The topological polar surface area (TPSA) is 43.0 Å². The molecule has 4 nitrogen and oxygen atoms in total. The number of furan rings is 1. The Morgan fingerprint density at radius 3 is 2.89 bits per heavy atom. The lowest BCUT2D eigenvalue weighted by atomic mass is 10.0. The Morgan fingerprint density at radius 1 is 1.47 bits per heavy atom. The summed E-state index contributed by atoms with van der Waals surface area (Å²) in [5.74, 6) is 2.10. The molecular weight excluding hydrogens is 238 g/mol. The van der Waals surface area contributed by atoms with E-state index in [1.807, 2.05) is 32.6 Å². The molecule has 0 spiro atoms. The van der Waals surface area contributed by atoms with E-state index in [-0.39, 0.29) is 0 Å². The molecule has 0 aromatic carbocycles. The Bertz CT molecular complexity index is 501. The summed E-state index contributed by atoms with van der Waals surface area (Å²) in [7, 11) is 2.04. The van der Waals surface area contributed by atoms with Gasteiger partial charge in [-0.05, 0) is 32.4 Å². The largest absolute Gasteiger partial charge is 0.469 e. The molecule has 0 aliphatic rings. The van der Waals surface area contributed by atoms with Crippen molar-refractivity contribution in [3.8, 4) is 0 Å². The van der Waals surface area contributed by atoms with Crippen molar-refractivity contribution < 1.29 is 4.42 Å². The lowest BCUT2D eigenvalue weighted by Crippen LogP contribution is -2.22. The Morgan fingerprint density at radius 2 is 2.32 bits per heavy atom. The predicted octanol–water partition coefficient (Wildman–Crippen LogP) is 3.00. The number of hydrogen-bond donors (Lipinski definition) is 1. The number of nitrogens with zero attached hydrogens (tertiary/aromatic N) is 2. The second kappa shape index (κ2) is 6.57. The Hall–Kier alpha value is -1.55. The van der Waals surface area contributed by atoms with Gasteiger partial charge in [-0.25, -0.2) is 4.98 Å². The third-order valence-corrected chi connectivity index (χ3v) is 3.37. The summed E-state index contributed by atoms with van der Waals surface area (Å²) in [4.78, 5) is 4.38. The number of hydrogen-bond acceptors (Lipinski definition) is 3. The van der Waals surface area contributed by atoms with Crippen LogP contribution in [0.15, 0.2) is 29.1 Å². The summed E-state index contributed by atoms with van der Waals surface area (Å²) in [6, 6.07) is 2.46. The van der Waals surface area contributed by atoms with Gasteiger partial charge in [-0.15, -0.1) is 0 Å². The van der Waals surface area contributed by atoms with Crippen molar-refractivity contribution in [1.29, 1.82) is 0 Å². The molecule has 0 aliphatic carbocycles. The molecule has 0 bridgehead atoms. The number of imidazole rings is 1. The smallest absolute Gasteiger partial charge is 0.108 e. The summed E-state index contributed by atoms with van der Waals surface area (Å²) in [6.07, 6.45) is 8.84. The minimum atomic E-state index is 0.342. The van der Waals surface area contributed by atoms with Crippen LogP contribution in [0.25, 0.3) is 0 Å². The molecular formula is C15H23N3O. The van der Waals surface area contributed by atoms with Crippen LogP contribution in [0.1, 0.15) is 43.0 Å². The van der Waals surface area contributed by atoms with Gasteiger partial charge in [-0.3, -0.25) is 0 Å². The van der Waals surface area contributed by atoms with Gasteiger partial charge in [0, 0.05) is 37.5 Å². The van der Waals surface area contributed by atoms with E-state index in [1.54, 1.807) is 0 Å². The van der Waals surface area contributed by atoms with Crippen LogP contribution in [-0.2, 0) is 13.5 Å². The van der Waals surface area contributed by atoms with Gasteiger partial charge >= 0.3 is 0 Å². The van der Waals surface area contributed by atoms with Crippen LogP contribution in [0.4, 0.5) is 0 Å². The van der Waals surface area contributed by atoms with Crippen LogP contribution in [-0.4, -0.2) is 16.1 Å². The van der Waals surface area contributed by atoms with E-state index < -0.39 is 0 Å². The van der Waals surface area contributed by atoms with Gasteiger partial charge in [0.25, 0.3) is 0 Å². The first-order chi connectivity index (χ1) is 9.20. The third-order valence-electron chi connectivity index (χ3n) is 3.37. The number of aromatic nitrogens is 2. The lowest BCUT2D eigenvalue weighted by Gasteiger charge is -2.16. The average Bonchev–Trinajstić information content (AvgIpc) is 2.99. The van der Waals surface area contributed by atoms with E-state index in [2.05, 4.69) is 27.9 Å². The van der Waals surface area contributed by atoms with E-state index in [0.29, 0.717) is 6.04 Å². The molecule has 4 heteroatoms. The fourth-order valence-electron chi connectivity index (χ4n) is 2.26. The van der Waals surface area contributed by atoms with Crippen molar-refractivity contribution in [3.05, 3.63) is 41.9 Å². The lowest BCUT2D eigenvalue weighted by molar-refractivity contribution is 0.478. The van der Waals surface area contributed by atoms with Gasteiger partial charge in [-0.2, -0.15) is 0 Å². The maximum absolute atomic E-state index is 5.43. The molecule has 19 heavy (non-hydrogen) atoms. The van der Waals surface area contributed by atoms with Crippen LogP contribution in [0.2, 0.25) is 0 Å². The second-order valence-electron chi connectivity index (χ2n) is 4.99. The number of nitrogens with one attached hydrogen (secondary N) is 1. The first kappa shape index (κ1) is 13.9. The van der Waals surface area contributed by atoms with E-state index in [4.69, 9.17) is 4.42 Å². The van der Waals surface area contributed by atoms with Crippen molar-refractivity contribution in [3.63, 3.8) is 0 Å². The maximum atomic E-state index is 5.43. The average molecular weight is 261 g/mol. The van der Waals surface area contributed by atoms with Crippen molar-refractivity contribution in [2.24, 2.45) is 7.05 Å². The highest BCUT2D eigenvalue weighted by atomic mass is 16.3. The SMILES string of the molecule is CCCNC(CCc1nccn1C)c1coc(C)c1. The van der Waals surface area contributed by atoms with Crippen LogP contribution in [0.5, 0.6) is 0 Å². The maximum Gasteiger partial charge on any atom is 0.108 e. The van der Waals surface area contributed by atoms with Gasteiger partial charge in [0.05, 0.1) is 6.26 Å². The van der Waals surface area contributed by atoms with Crippen LogP contribution < -0.4 is 5.32 Å². The second-order valence-corrected chi connectivity index (χ2v) is 4.99. The van der Waals surface area contributed by atoms with E-state index in [9.17, 15) is 0 Å². The third kappa shape index (κ3) is 3.70. The fraction of sp³-hybridized carbons (Fsp3) is 0.533. The van der Waals surface area contributed by atoms with Gasteiger partial charge in [0.2, 0.25) is 0 Å². The summed E-state index contributed by atoms with van der Waals surface area (Å²) >= 11 is 0. The highest BCUT2D eigenvalue weighted by molar-refractivity contribution is 5.16. The molecule has 2 aromatic heterocycles. The zero-order chi connectivity index (χ0) is 13.7. The van der Waals surface area contributed by atoms with Gasteiger partial charge in [0.15, 0.2) is 0 Å². The van der Waals surface area contributed by atoms with Crippen LogP contribution in [0, 0.1) is 6.92 Å². The summed E-state index contributed by atoms with van der Waals surface area (Å²) in [6.45, 7) is 5.19. The normalized spacial score (nSPS) is 12.8. The minimum absolute atomic E-state index is 0.342. The molecule has 0 radical (unpaired) electrons. The standard InChI is InChI=1S/C15H23N3O/c1-4-7-16-14(13-10-12(2)19-11-13)5-6-15-17-8-9-18(15)3/h8-11,14,16H,4-7H2,1-3H3. The molecule has 104 valence electrons. The van der Waals surface area contributed by atoms with Gasteiger partial charge in [0.1, 0.15) is 11.6 Å². The first-order valence-corrected chi connectivity index (χ1v) is 6.95. The van der Waals surface area contributed by atoms with E-state index >= 15 is 0 Å². The fourth-order valence-corrected chi connectivity index (χ4v) is 2.26. The molecule has 0 saturated carbocycles. The van der Waals surface area contributed by atoms with Crippen LogP contribution in [0.3, 0.4) is 0 Å². The quantitative estimate of drug-likeness (QED) is 0.833. The van der Waals surface area contributed by atoms with Crippen molar-refractivity contribution in [1.82, 2.24) is 14.9 Å². The summed E-state index contributed by atoms with van der Waals surface area (Å²) < 4.78 is 7.51. The zero-order valence-electron chi connectivity index (χ0n) is 12.0. The molecule has 1 N–H and O–H groups in total. The molecule has 2 heterocycles. The number of aryl methyl sites for hydroxylation is 3. The molecule has 0 fully saturated rings. The number of rotatable bonds is 7. The molecule has 1 unspecified atom stereocenters. The van der Waals surface area contributed by atoms with E-state index in [0.717, 1.165) is 37.4 Å². The minimum Gasteiger partial charge on any atom is -0.469 e. The molecule has 2 rings (SSSR count). The highest BCUT2D eigenvalue weighted by Gasteiger charge is 2.14. The van der Waals surface area contributed by atoms with Gasteiger partial charge < -0.3 is 14.3 Å². The predicted molar refractivity (Wildman–Crippen MR) is 76.0 cm³/mol. The molecule has 0 amide bonds. The first-order valence-electron chi connectivity index (χ1n) is 6.95. The Balaban J connectivity index is 1.99. The Labute approximate surface area is 114 Å². The van der Waals surface area contributed by atoms with E-state index in [1.165, 1.54) is 5.56 Å². The van der Waals surface area contributed by atoms with Gasteiger partial charge in [-0.1, -0.05) is 6.92 Å². The molecule has 2 aromatic rings. The molecule has 1 atom stereocenters. The molecule has 0 saturated heterocycles. The Kier molecular flexibility index (Phi) is 4.80. The molecule has 0 aliphatic heterocycles. The van der Waals surface area contributed by atoms with Crippen molar-refractivity contribution in [2.45, 2.75) is 39.2 Å². The monoisotopic (exact) mass is 261 g/mol.